The van der Waals surface area contributed by atoms with Crippen molar-refractivity contribution in [1.29, 1.82) is 0 Å². The summed E-state index contributed by atoms with van der Waals surface area (Å²) in [6.45, 7) is 2.24. The van der Waals surface area contributed by atoms with Gasteiger partial charge in [-0.25, -0.2) is 4.68 Å². The molecule has 1 aromatic heterocycles. The Kier molecular flexibility index (Phi) is 8.44. The van der Waals surface area contributed by atoms with Crippen LogP contribution in [0.4, 0.5) is 0 Å². The van der Waals surface area contributed by atoms with Crippen LogP contribution in [-0.2, 0) is 11.3 Å². The highest BCUT2D eigenvalue weighted by Gasteiger charge is 2.33. The highest BCUT2D eigenvalue weighted by molar-refractivity contribution is 6.35. The third-order valence-electron chi connectivity index (χ3n) is 6.88. The zero-order valence-electron chi connectivity index (χ0n) is 22.5. The Morgan fingerprint density at radius 2 is 1.80 bits per heavy atom. The highest BCUT2D eigenvalue weighted by atomic mass is 35.5. The first-order chi connectivity index (χ1) is 19.7. The van der Waals surface area contributed by atoms with Gasteiger partial charge in [0.05, 0.1) is 36.1 Å². The van der Waals surface area contributed by atoms with Gasteiger partial charge in [-0.3, -0.25) is 14.5 Å². The van der Waals surface area contributed by atoms with E-state index in [4.69, 9.17) is 33.0 Å². The van der Waals surface area contributed by atoms with Crippen molar-refractivity contribution in [2.24, 2.45) is 0 Å². The van der Waals surface area contributed by atoms with Gasteiger partial charge >= 0.3 is 5.97 Å². The first kappa shape index (κ1) is 28.4. The van der Waals surface area contributed by atoms with E-state index >= 15 is 0 Å². The lowest BCUT2D eigenvalue weighted by molar-refractivity contribution is -0.138. The molecule has 5 rings (SSSR count). The van der Waals surface area contributed by atoms with Crippen LogP contribution in [0.3, 0.4) is 0 Å². The molecule has 3 aromatic carbocycles. The topological polar surface area (TPSA) is 96.7 Å². The van der Waals surface area contributed by atoms with Crippen LogP contribution in [-0.4, -0.2) is 51.9 Å². The Morgan fingerprint density at radius 1 is 1.07 bits per heavy atom. The molecule has 2 N–H and O–H groups in total. The van der Waals surface area contributed by atoms with E-state index < -0.39 is 5.97 Å². The second-order valence-corrected chi connectivity index (χ2v) is 10.6. The number of nitrogens with one attached hydrogen (secondary N) is 1. The summed E-state index contributed by atoms with van der Waals surface area (Å²) >= 11 is 12.8. The Bertz CT molecular complexity index is 1620. The van der Waals surface area contributed by atoms with Gasteiger partial charge in [0.2, 0.25) is 0 Å². The largest absolute Gasteiger partial charge is 0.497 e. The molecule has 0 fully saturated rings. The van der Waals surface area contributed by atoms with Gasteiger partial charge < -0.3 is 15.2 Å². The summed E-state index contributed by atoms with van der Waals surface area (Å²) in [5, 5.41) is 18.3. The van der Waals surface area contributed by atoms with Crippen molar-refractivity contribution in [1.82, 2.24) is 20.0 Å². The van der Waals surface area contributed by atoms with Crippen LogP contribution in [0.5, 0.6) is 5.75 Å². The molecule has 1 aliphatic heterocycles. The Morgan fingerprint density at radius 3 is 2.46 bits per heavy atom. The number of carboxylic acids is 1. The Hall–Kier alpha value is -4.11. The van der Waals surface area contributed by atoms with E-state index in [2.05, 4.69) is 5.32 Å². The van der Waals surface area contributed by atoms with E-state index in [9.17, 15) is 14.7 Å². The number of benzene rings is 3. The van der Waals surface area contributed by atoms with E-state index in [1.165, 1.54) is 0 Å². The van der Waals surface area contributed by atoms with Gasteiger partial charge in [-0.2, -0.15) is 5.10 Å². The third-order valence-corrected chi connectivity index (χ3v) is 7.42. The van der Waals surface area contributed by atoms with Crippen LogP contribution in [0.15, 0.2) is 72.8 Å². The van der Waals surface area contributed by atoms with Gasteiger partial charge in [-0.05, 0) is 60.0 Å². The van der Waals surface area contributed by atoms with Gasteiger partial charge in [0.1, 0.15) is 5.75 Å². The lowest BCUT2D eigenvalue weighted by Crippen LogP contribution is -2.35. The molecule has 1 atom stereocenters. The molecule has 0 saturated heterocycles. The molecule has 2 heterocycles. The number of ether oxygens (including phenoxy) is 1. The number of halogens is 2. The fourth-order valence-corrected chi connectivity index (χ4v) is 5.43. The molecule has 4 aromatic rings. The van der Waals surface area contributed by atoms with Crippen molar-refractivity contribution in [3.63, 3.8) is 0 Å². The molecule has 0 saturated carbocycles. The first-order valence-corrected chi connectivity index (χ1v) is 13.7. The van der Waals surface area contributed by atoms with Crippen LogP contribution in [0.2, 0.25) is 10.0 Å². The number of hydrogen-bond acceptors (Lipinski definition) is 5. The fraction of sp³-hybridized carbons (Fsp3) is 0.194. The number of fused-ring (bicyclic) bond motifs is 1. The van der Waals surface area contributed by atoms with Crippen LogP contribution in [0.1, 0.15) is 45.8 Å². The predicted molar refractivity (Wildman–Crippen MR) is 160 cm³/mol. The lowest BCUT2D eigenvalue weighted by atomic mass is 9.97. The maximum absolute atomic E-state index is 13.7. The number of rotatable bonds is 8. The van der Waals surface area contributed by atoms with Crippen LogP contribution in [0, 0.1) is 0 Å². The number of methoxy groups -OCH3 is 1. The van der Waals surface area contributed by atoms with Gasteiger partial charge in [0.15, 0.2) is 5.69 Å². The smallest absolute Gasteiger partial charge is 0.317 e. The van der Waals surface area contributed by atoms with E-state index in [1.807, 2.05) is 67.6 Å². The van der Waals surface area contributed by atoms with E-state index in [1.54, 1.807) is 34.9 Å². The lowest BCUT2D eigenvalue weighted by Gasteiger charge is -2.28. The summed E-state index contributed by atoms with van der Waals surface area (Å²) < 4.78 is 6.95. The number of amides is 1. The van der Waals surface area contributed by atoms with Gasteiger partial charge in [0.25, 0.3) is 5.91 Å². The molecule has 1 aliphatic rings. The van der Waals surface area contributed by atoms with Crippen molar-refractivity contribution in [2.75, 3.05) is 20.2 Å². The molecule has 1 amide bonds. The molecule has 41 heavy (non-hydrogen) atoms. The standard InChI is InChI=1S/C31H28Cl2N4O4/c1-19(21-6-4-3-5-7-21)34-31(40)29-25-17-36(18-28(38)39)16-22(14-20-8-11-24(41-2)12-9-20)30(25)37(35-29)27-13-10-23(32)15-26(27)33/h3-15,19H,16-18H2,1-2H3,(H,34,40)(H,38,39)/b22-14+/t19-/m1/s1. The quantitative estimate of drug-likeness (QED) is 0.256. The molecule has 8 nitrogen and oxygen atoms in total. The Labute approximate surface area is 247 Å². The van der Waals surface area contributed by atoms with Crippen LogP contribution < -0.4 is 10.1 Å². The molecule has 0 aliphatic carbocycles. The SMILES string of the molecule is COc1ccc(/C=C2\CN(CC(=O)O)Cc3c(C(=O)N[C@H](C)c4ccccc4)nn(-c4ccc(Cl)cc4Cl)c32)cc1. The second-order valence-electron chi connectivity index (χ2n) is 9.77. The van der Waals surface area contributed by atoms with Crippen molar-refractivity contribution < 1.29 is 19.4 Å². The molecule has 0 bridgehead atoms. The average molecular weight is 591 g/mol. The summed E-state index contributed by atoms with van der Waals surface area (Å²) in [6, 6.07) is 21.9. The number of aliphatic carboxylic acids is 1. The molecule has 0 spiro atoms. The maximum atomic E-state index is 13.7. The number of carbonyl (C=O) groups excluding carboxylic acids is 1. The first-order valence-electron chi connectivity index (χ1n) is 13.0. The fourth-order valence-electron chi connectivity index (χ4n) is 4.94. The summed E-state index contributed by atoms with van der Waals surface area (Å²) in [5.74, 6) is -0.620. The Balaban J connectivity index is 1.66. The van der Waals surface area contributed by atoms with Crippen molar-refractivity contribution in [2.45, 2.75) is 19.5 Å². The van der Waals surface area contributed by atoms with E-state index in [-0.39, 0.29) is 30.7 Å². The molecule has 0 radical (unpaired) electrons. The molecule has 0 unspecified atom stereocenters. The molecule has 210 valence electrons. The monoisotopic (exact) mass is 590 g/mol. The highest BCUT2D eigenvalue weighted by Crippen LogP contribution is 2.36. The van der Waals surface area contributed by atoms with Crippen molar-refractivity contribution in [3.05, 3.63) is 111 Å². The molecular weight excluding hydrogens is 563 g/mol. The minimum atomic E-state index is -0.964. The van der Waals surface area contributed by atoms with Gasteiger partial charge in [-0.1, -0.05) is 65.7 Å². The minimum absolute atomic E-state index is 0.199. The third kappa shape index (κ3) is 6.30. The normalized spacial score (nSPS) is 14.9. The summed E-state index contributed by atoms with van der Waals surface area (Å²) in [6.07, 6.45) is 1.96. The van der Waals surface area contributed by atoms with E-state index in [0.29, 0.717) is 39.3 Å². The number of nitrogens with zero attached hydrogens (tertiary/aromatic N) is 3. The van der Waals surface area contributed by atoms with Gasteiger partial charge in [0, 0.05) is 23.7 Å². The summed E-state index contributed by atoms with van der Waals surface area (Å²) in [4.78, 5) is 27.2. The number of carboxylic acid groups (broad SMARTS) is 1. The summed E-state index contributed by atoms with van der Waals surface area (Å²) in [5.41, 5.74) is 4.65. The molecule has 10 heteroatoms. The van der Waals surface area contributed by atoms with Crippen molar-refractivity contribution >= 4 is 46.7 Å². The number of aromatic nitrogens is 2. The zero-order valence-corrected chi connectivity index (χ0v) is 24.0. The number of carbonyl (C=O) groups is 2. The zero-order chi connectivity index (χ0) is 29.1. The number of hydrogen-bond donors (Lipinski definition) is 2. The van der Waals surface area contributed by atoms with Crippen molar-refractivity contribution in [3.8, 4) is 11.4 Å². The predicted octanol–water partition coefficient (Wildman–Crippen LogP) is 6.12. The maximum Gasteiger partial charge on any atom is 0.317 e. The van der Waals surface area contributed by atoms with E-state index in [0.717, 1.165) is 16.7 Å². The van der Waals surface area contributed by atoms with Crippen LogP contribution in [0.25, 0.3) is 17.3 Å². The summed E-state index contributed by atoms with van der Waals surface area (Å²) in [7, 11) is 1.60. The van der Waals surface area contributed by atoms with Crippen LogP contribution >= 0.6 is 23.2 Å². The molecular formula is C31H28Cl2N4O4. The minimum Gasteiger partial charge on any atom is -0.497 e. The van der Waals surface area contributed by atoms with Gasteiger partial charge in [-0.15, -0.1) is 0 Å². The average Bonchev–Trinajstić information content (AvgIpc) is 3.33. The second kappa shape index (κ2) is 12.2.